The number of carbonyl (C=O) groups is 1. The van der Waals surface area contributed by atoms with E-state index < -0.39 is 17.2 Å². The molecule has 0 heterocycles. The van der Waals surface area contributed by atoms with Gasteiger partial charge in [-0.3, -0.25) is 0 Å². The Kier molecular flexibility index (Phi) is 2.99. The molecule has 0 aliphatic carbocycles. The van der Waals surface area contributed by atoms with E-state index in [4.69, 9.17) is 10.4 Å². The Morgan fingerprint density at radius 1 is 1.50 bits per heavy atom. The van der Waals surface area contributed by atoms with Gasteiger partial charge in [0.25, 0.3) is 0 Å². The summed E-state index contributed by atoms with van der Waals surface area (Å²) in [5.41, 5.74) is -0.360. The van der Waals surface area contributed by atoms with Gasteiger partial charge in [-0.1, -0.05) is 6.07 Å². The van der Waals surface area contributed by atoms with Gasteiger partial charge in [0, 0.05) is 0 Å². The monoisotopic (exact) mass is 221 g/mol. The minimum absolute atomic E-state index is 0.325. The van der Waals surface area contributed by atoms with Gasteiger partial charge in [0.05, 0.1) is 17.0 Å². The highest BCUT2D eigenvalue weighted by atomic mass is 19.1. The lowest BCUT2D eigenvalue weighted by molar-refractivity contribution is 0.0691. The highest BCUT2D eigenvalue weighted by molar-refractivity contribution is 5.89. The highest BCUT2D eigenvalue weighted by Gasteiger charge is 2.24. The van der Waals surface area contributed by atoms with Crippen molar-refractivity contribution in [2.24, 2.45) is 0 Å². The second-order valence-corrected chi connectivity index (χ2v) is 4.19. The van der Waals surface area contributed by atoms with Crippen LogP contribution in [0.1, 0.15) is 35.3 Å². The first-order valence-corrected chi connectivity index (χ1v) is 4.75. The lowest BCUT2D eigenvalue weighted by Gasteiger charge is -2.17. The Morgan fingerprint density at radius 2 is 2.06 bits per heavy atom. The Balaban J connectivity index is 3.43. The normalized spacial score (nSPS) is 10.9. The van der Waals surface area contributed by atoms with Crippen LogP contribution >= 0.6 is 0 Å². The van der Waals surface area contributed by atoms with E-state index in [0.717, 1.165) is 6.07 Å². The van der Waals surface area contributed by atoms with Crippen LogP contribution in [0.4, 0.5) is 4.39 Å². The van der Waals surface area contributed by atoms with Crippen LogP contribution in [0.5, 0.6) is 0 Å². The van der Waals surface area contributed by atoms with E-state index >= 15 is 0 Å². The summed E-state index contributed by atoms with van der Waals surface area (Å²) in [7, 11) is 0. The number of aromatic carboxylic acids is 1. The van der Waals surface area contributed by atoms with Gasteiger partial charge in [-0.2, -0.15) is 5.26 Å². The Bertz CT molecular complexity index is 463. The fraction of sp³-hybridized carbons (Fsp3) is 0.333. The maximum absolute atomic E-state index is 13.5. The zero-order valence-corrected chi connectivity index (χ0v) is 9.34. The SMILES string of the molecule is Cc1cc(C(C)(C)C#N)cc(F)c1C(=O)O. The molecule has 1 aromatic rings. The predicted molar refractivity (Wildman–Crippen MR) is 56.7 cm³/mol. The average molecular weight is 221 g/mol. The fourth-order valence-electron chi connectivity index (χ4n) is 1.44. The topological polar surface area (TPSA) is 61.1 Å². The number of hydrogen-bond acceptors (Lipinski definition) is 2. The third-order valence-electron chi connectivity index (χ3n) is 2.50. The molecule has 16 heavy (non-hydrogen) atoms. The second kappa shape index (κ2) is 3.93. The van der Waals surface area contributed by atoms with Crippen LogP contribution in [0.3, 0.4) is 0 Å². The van der Waals surface area contributed by atoms with Crippen LogP contribution in [-0.2, 0) is 5.41 Å². The minimum Gasteiger partial charge on any atom is -0.478 e. The number of aryl methyl sites for hydroxylation is 1. The molecule has 4 heteroatoms. The Labute approximate surface area is 93.1 Å². The molecule has 0 radical (unpaired) electrons. The molecule has 0 saturated carbocycles. The molecule has 0 spiro atoms. The lowest BCUT2D eigenvalue weighted by Crippen LogP contribution is -2.16. The van der Waals surface area contributed by atoms with Gasteiger partial charge in [-0.15, -0.1) is 0 Å². The van der Waals surface area contributed by atoms with Crippen molar-refractivity contribution >= 4 is 5.97 Å². The van der Waals surface area contributed by atoms with E-state index in [1.54, 1.807) is 13.8 Å². The van der Waals surface area contributed by atoms with Crippen molar-refractivity contribution in [1.29, 1.82) is 5.26 Å². The Morgan fingerprint density at radius 3 is 2.44 bits per heavy atom. The lowest BCUT2D eigenvalue weighted by atomic mass is 9.84. The van der Waals surface area contributed by atoms with E-state index in [2.05, 4.69) is 0 Å². The molecule has 0 aliphatic rings. The van der Waals surface area contributed by atoms with E-state index in [-0.39, 0.29) is 5.56 Å². The van der Waals surface area contributed by atoms with Gasteiger partial charge < -0.3 is 5.11 Å². The number of carboxylic acids is 1. The molecule has 0 aromatic heterocycles. The molecule has 84 valence electrons. The quantitative estimate of drug-likeness (QED) is 0.835. The largest absolute Gasteiger partial charge is 0.478 e. The summed E-state index contributed by atoms with van der Waals surface area (Å²) in [6.45, 7) is 4.83. The van der Waals surface area contributed by atoms with Gasteiger partial charge in [-0.05, 0) is 38.0 Å². The second-order valence-electron chi connectivity index (χ2n) is 4.19. The van der Waals surface area contributed by atoms with Crippen LogP contribution in [0.2, 0.25) is 0 Å². The van der Waals surface area contributed by atoms with Crippen LogP contribution in [0, 0.1) is 24.1 Å². The first kappa shape index (κ1) is 12.2. The summed E-state index contributed by atoms with van der Waals surface area (Å²) in [5, 5.41) is 17.7. The first-order valence-electron chi connectivity index (χ1n) is 4.75. The van der Waals surface area contributed by atoms with E-state index in [9.17, 15) is 9.18 Å². The summed E-state index contributed by atoms with van der Waals surface area (Å²) >= 11 is 0. The summed E-state index contributed by atoms with van der Waals surface area (Å²) in [6, 6.07) is 4.69. The van der Waals surface area contributed by atoms with E-state index in [1.165, 1.54) is 13.0 Å². The smallest absolute Gasteiger partial charge is 0.338 e. The number of halogens is 1. The summed E-state index contributed by atoms with van der Waals surface area (Å²) in [6.07, 6.45) is 0. The van der Waals surface area contributed by atoms with Crippen molar-refractivity contribution in [3.8, 4) is 6.07 Å². The first-order chi connectivity index (χ1) is 7.29. The third kappa shape index (κ3) is 2.03. The van der Waals surface area contributed by atoms with Crippen LogP contribution in [0.15, 0.2) is 12.1 Å². The molecular weight excluding hydrogens is 209 g/mol. The maximum Gasteiger partial charge on any atom is 0.338 e. The Hall–Kier alpha value is -1.89. The number of nitrogens with zero attached hydrogens (tertiary/aromatic N) is 1. The molecule has 0 fully saturated rings. The predicted octanol–water partition coefficient (Wildman–Crippen LogP) is 2.63. The standard InChI is InChI=1S/C12H12FNO2/c1-7-4-8(12(2,3)6-14)5-9(13)10(7)11(15)16/h4-5H,1-3H3,(H,15,16). The van der Waals surface area contributed by atoms with E-state index in [0.29, 0.717) is 11.1 Å². The van der Waals surface area contributed by atoms with Crippen molar-refractivity contribution in [1.82, 2.24) is 0 Å². The van der Waals surface area contributed by atoms with E-state index in [1.807, 2.05) is 6.07 Å². The highest BCUT2D eigenvalue weighted by Crippen LogP contribution is 2.26. The molecule has 0 bridgehead atoms. The number of rotatable bonds is 2. The van der Waals surface area contributed by atoms with Crippen molar-refractivity contribution in [3.05, 3.63) is 34.6 Å². The molecule has 3 nitrogen and oxygen atoms in total. The van der Waals surface area contributed by atoms with Crippen molar-refractivity contribution in [3.63, 3.8) is 0 Å². The van der Waals surface area contributed by atoms with Crippen LogP contribution in [0.25, 0.3) is 0 Å². The maximum atomic E-state index is 13.5. The summed E-state index contributed by atoms with van der Waals surface area (Å²) < 4.78 is 13.5. The zero-order chi connectivity index (χ0) is 12.5. The van der Waals surface area contributed by atoms with Gasteiger partial charge in [0.1, 0.15) is 5.82 Å². The number of benzene rings is 1. The van der Waals surface area contributed by atoms with Gasteiger partial charge >= 0.3 is 5.97 Å². The number of nitriles is 1. The minimum atomic E-state index is -1.30. The molecule has 1 N–H and O–H groups in total. The van der Waals surface area contributed by atoms with Gasteiger partial charge in [-0.25, -0.2) is 9.18 Å². The van der Waals surface area contributed by atoms with Gasteiger partial charge in [0.15, 0.2) is 0 Å². The number of carboxylic acid groups (broad SMARTS) is 1. The zero-order valence-electron chi connectivity index (χ0n) is 9.34. The molecule has 0 amide bonds. The summed E-state index contributed by atoms with van der Waals surface area (Å²) in [4.78, 5) is 10.8. The van der Waals surface area contributed by atoms with Gasteiger partial charge in [0.2, 0.25) is 0 Å². The third-order valence-corrected chi connectivity index (χ3v) is 2.50. The average Bonchev–Trinajstić information content (AvgIpc) is 2.15. The van der Waals surface area contributed by atoms with Crippen molar-refractivity contribution in [2.75, 3.05) is 0 Å². The van der Waals surface area contributed by atoms with Crippen molar-refractivity contribution < 1.29 is 14.3 Å². The molecule has 0 atom stereocenters. The summed E-state index contributed by atoms with van der Waals surface area (Å²) in [5.74, 6) is -2.10. The van der Waals surface area contributed by atoms with Crippen LogP contribution < -0.4 is 0 Å². The molecule has 0 saturated heterocycles. The fourth-order valence-corrected chi connectivity index (χ4v) is 1.44. The number of hydrogen-bond donors (Lipinski definition) is 1. The molecular formula is C12H12FNO2. The molecule has 0 aliphatic heterocycles. The molecule has 1 rings (SSSR count). The van der Waals surface area contributed by atoms with Crippen LogP contribution in [-0.4, -0.2) is 11.1 Å². The molecule has 0 unspecified atom stereocenters. The molecule has 1 aromatic carbocycles. The van der Waals surface area contributed by atoms with Crippen molar-refractivity contribution in [2.45, 2.75) is 26.2 Å².